The molecule has 1 N–H and O–H groups in total. The quantitative estimate of drug-likeness (QED) is 0.840. The predicted octanol–water partition coefficient (Wildman–Crippen LogP) is 4.82. The van der Waals surface area contributed by atoms with Gasteiger partial charge in [-0.2, -0.15) is 0 Å². The second-order valence-electron chi connectivity index (χ2n) is 5.40. The van der Waals surface area contributed by atoms with E-state index in [9.17, 15) is 4.39 Å². The molecule has 3 heteroatoms. The zero-order valence-electron chi connectivity index (χ0n) is 11.0. The summed E-state index contributed by atoms with van der Waals surface area (Å²) in [5, 5.41) is 3.64. The van der Waals surface area contributed by atoms with Gasteiger partial charge in [0, 0.05) is 12.1 Å². The monoisotopic (exact) mass is 313 g/mol. The van der Waals surface area contributed by atoms with Crippen LogP contribution in [0.3, 0.4) is 0 Å². The van der Waals surface area contributed by atoms with Gasteiger partial charge in [-0.15, -0.1) is 0 Å². The van der Waals surface area contributed by atoms with E-state index in [-0.39, 0.29) is 11.9 Å². The van der Waals surface area contributed by atoms with Gasteiger partial charge in [-0.05, 0) is 66.2 Å². The first-order valence-corrected chi connectivity index (χ1v) is 7.58. The molecule has 0 saturated heterocycles. The van der Waals surface area contributed by atoms with Gasteiger partial charge in [0.2, 0.25) is 0 Å². The molecule has 0 amide bonds. The van der Waals surface area contributed by atoms with Crippen molar-refractivity contribution in [1.82, 2.24) is 5.32 Å². The van der Waals surface area contributed by atoms with Crippen molar-refractivity contribution in [3.63, 3.8) is 0 Å². The molecule has 1 fully saturated rings. The Kier molecular flexibility index (Phi) is 4.79. The van der Waals surface area contributed by atoms with Crippen molar-refractivity contribution in [2.45, 2.75) is 51.6 Å². The topological polar surface area (TPSA) is 12.0 Å². The predicted molar refractivity (Wildman–Crippen MR) is 77.1 cm³/mol. The molecule has 1 aromatic carbocycles. The van der Waals surface area contributed by atoms with E-state index in [4.69, 9.17) is 0 Å². The Labute approximate surface area is 117 Å². The molecule has 1 aliphatic rings. The summed E-state index contributed by atoms with van der Waals surface area (Å²) in [7, 11) is 0. The summed E-state index contributed by atoms with van der Waals surface area (Å²) in [5.74, 6) is 0.603. The fourth-order valence-corrected chi connectivity index (χ4v) is 3.26. The molecule has 18 heavy (non-hydrogen) atoms. The fourth-order valence-electron chi connectivity index (χ4n) is 2.87. The molecule has 1 saturated carbocycles. The molecule has 1 aliphatic carbocycles. The Hall–Kier alpha value is -0.410. The molecule has 2 atom stereocenters. The largest absolute Gasteiger partial charge is 0.307 e. The van der Waals surface area contributed by atoms with Crippen molar-refractivity contribution in [3.8, 4) is 0 Å². The average molecular weight is 314 g/mol. The number of halogens is 2. The van der Waals surface area contributed by atoms with Gasteiger partial charge in [-0.3, -0.25) is 0 Å². The molecule has 0 aromatic heterocycles. The first-order chi connectivity index (χ1) is 8.58. The first kappa shape index (κ1) is 14.0. The highest BCUT2D eigenvalue weighted by atomic mass is 79.9. The molecule has 0 bridgehead atoms. The van der Waals surface area contributed by atoms with Gasteiger partial charge in [0.05, 0.1) is 4.47 Å². The summed E-state index contributed by atoms with van der Waals surface area (Å²) < 4.78 is 13.7. The van der Waals surface area contributed by atoms with Crippen LogP contribution in [0.25, 0.3) is 0 Å². The summed E-state index contributed by atoms with van der Waals surface area (Å²) in [6.07, 6.45) is 5.42. The van der Waals surface area contributed by atoms with Crippen LogP contribution in [0.4, 0.5) is 4.39 Å². The zero-order chi connectivity index (χ0) is 13.1. The highest BCUT2D eigenvalue weighted by Crippen LogP contribution is 2.29. The third-order valence-electron chi connectivity index (χ3n) is 4.06. The van der Waals surface area contributed by atoms with Crippen LogP contribution in [0, 0.1) is 11.7 Å². The summed E-state index contributed by atoms with van der Waals surface area (Å²) in [6, 6.07) is 6.05. The van der Waals surface area contributed by atoms with Crippen LogP contribution in [-0.2, 0) is 0 Å². The van der Waals surface area contributed by atoms with Crippen molar-refractivity contribution >= 4 is 15.9 Å². The van der Waals surface area contributed by atoms with Crippen LogP contribution in [0.1, 0.15) is 51.1 Å². The van der Waals surface area contributed by atoms with Crippen molar-refractivity contribution in [3.05, 3.63) is 34.1 Å². The lowest BCUT2D eigenvalue weighted by molar-refractivity contribution is 0.352. The number of hydrogen-bond donors (Lipinski definition) is 1. The minimum atomic E-state index is -0.199. The molecule has 0 heterocycles. The lowest BCUT2D eigenvalue weighted by Crippen LogP contribution is -2.34. The second kappa shape index (κ2) is 6.16. The highest BCUT2D eigenvalue weighted by molar-refractivity contribution is 9.10. The number of benzene rings is 1. The van der Waals surface area contributed by atoms with E-state index < -0.39 is 0 Å². The van der Waals surface area contributed by atoms with E-state index in [1.165, 1.54) is 31.7 Å². The van der Waals surface area contributed by atoms with Gasteiger partial charge >= 0.3 is 0 Å². The molecule has 0 spiro atoms. The SMILES string of the molecule is CC(N[C@@H](C)C1CCCC1)c1ccc(F)c(Br)c1. The lowest BCUT2D eigenvalue weighted by atomic mass is 9.98. The first-order valence-electron chi connectivity index (χ1n) is 6.79. The van der Waals surface area contributed by atoms with Crippen molar-refractivity contribution in [2.75, 3.05) is 0 Å². The van der Waals surface area contributed by atoms with Crippen LogP contribution in [0.5, 0.6) is 0 Å². The van der Waals surface area contributed by atoms with Gasteiger partial charge in [0.1, 0.15) is 5.82 Å². The Balaban J connectivity index is 1.97. The summed E-state index contributed by atoms with van der Waals surface area (Å²) in [6.45, 7) is 4.41. The molecular weight excluding hydrogens is 293 g/mol. The molecule has 2 rings (SSSR count). The zero-order valence-corrected chi connectivity index (χ0v) is 12.6. The van der Waals surface area contributed by atoms with Gasteiger partial charge in [0.15, 0.2) is 0 Å². The number of rotatable bonds is 4. The maximum atomic E-state index is 13.2. The molecule has 0 radical (unpaired) electrons. The van der Waals surface area contributed by atoms with Crippen LogP contribution < -0.4 is 5.32 Å². The van der Waals surface area contributed by atoms with E-state index >= 15 is 0 Å². The van der Waals surface area contributed by atoms with Gasteiger partial charge in [-0.1, -0.05) is 18.9 Å². The van der Waals surface area contributed by atoms with Gasteiger partial charge in [0.25, 0.3) is 0 Å². The molecule has 1 nitrogen and oxygen atoms in total. The van der Waals surface area contributed by atoms with E-state index in [2.05, 4.69) is 35.1 Å². The van der Waals surface area contributed by atoms with Crippen molar-refractivity contribution < 1.29 is 4.39 Å². The summed E-state index contributed by atoms with van der Waals surface area (Å²) >= 11 is 3.24. The van der Waals surface area contributed by atoms with Crippen LogP contribution >= 0.6 is 15.9 Å². The third-order valence-corrected chi connectivity index (χ3v) is 4.67. The summed E-state index contributed by atoms with van der Waals surface area (Å²) in [5.41, 5.74) is 1.13. The Morgan fingerprint density at radius 1 is 1.28 bits per heavy atom. The smallest absolute Gasteiger partial charge is 0.137 e. The van der Waals surface area contributed by atoms with E-state index in [0.29, 0.717) is 10.5 Å². The third kappa shape index (κ3) is 3.33. The maximum absolute atomic E-state index is 13.2. The normalized spacial score (nSPS) is 20.0. The number of nitrogens with one attached hydrogen (secondary N) is 1. The van der Waals surface area contributed by atoms with Gasteiger partial charge in [-0.25, -0.2) is 4.39 Å². The molecular formula is C15H21BrFN. The Morgan fingerprint density at radius 3 is 2.56 bits per heavy atom. The minimum Gasteiger partial charge on any atom is -0.307 e. The van der Waals surface area contributed by atoms with E-state index in [1.54, 1.807) is 0 Å². The standard InChI is InChI=1S/C15H21BrFN/c1-10(12-5-3-4-6-12)18-11(2)13-7-8-15(17)14(16)9-13/h7-12,18H,3-6H2,1-2H3/t10-,11?/m0/s1. The van der Waals surface area contributed by atoms with Crippen LogP contribution in [0.2, 0.25) is 0 Å². The van der Waals surface area contributed by atoms with Crippen LogP contribution in [0.15, 0.2) is 22.7 Å². The maximum Gasteiger partial charge on any atom is 0.137 e. The van der Waals surface area contributed by atoms with E-state index in [1.807, 2.05) is 12.1 Å². The molecule has 1 unspecified atom stereocenters. The Bertz CT molecular complexity index is 401. The summed E-state index contributed by atoms with van der Waals surface area (Å²) in [4.78, 5) is 0. The second-order valence-corrected chi connectivity index (χ2v) is 6.25. The average Bonchev–Trinajstić information content (AvgIpc) is 2.86. The van der Waals surface area contributed by atoms with Crippen LogP contribution in [-0.4, -0.2) is 6.04 Å². The lowest BCUT2D eigenvalue weighted by Gasteiger charge is -2.25. The molecule has 0 aliphatic heterocycles. The van der Waals surface area contributed by atoms with Crippen molar-refractivity contribution in [2.24, 2.45) is 5.92 Å². The van der Waals surface area contributed by atoms with Gasteiger partial charge < -0.3 is 5.32 Å². The minimum absolute atomic E-state index is 0.199. The highest BCUT2D eigenvalue weighted by Gasteiger charge is 2.22. The van der Waals surface area contributed by atoms with E-state index in [0.717, 1.165) is 11.5 Å². The number of hydrogen-bond acceptors (Lipinski definition) is 1. The van der Waals surface area contributed by atoms with Crippen molar-refractivity contribution in [1.29, 1.82) is 0 Å². The molecule has 1 aromatic rings. The molecule has 100 valence electrons. The Morgan fingerprint density at radius 2 is 1.94 bits per heavy atom. The fraction of sp³-hybridized carbons (Fsp3) is 0.600.